The van der Waals surface area contributed by atoms with Gasteiger partial charge in [0.25, 0.3) is 5.91 Å². The summed E-state index contributed by atoms with van der Waals surface area (Å²) in [7, 11) is 0. The molecule has 0 radical (unpaired) electrons. The molecule has 5 nitrogen and oxygen atoms in total. The number of hydrogen-bond acceptors (Lipinski definition) is 3. The van der Waals surface area contributed by atoms with Crippen LogP contribution in [0.15, 0.2) is 47.1 Å². The lowest BCUT2D eigenvalue weighted by atomic mass is 9.69. The Labute approximate surface area is 267 Å². The first-order chi connectivity index (χ1) is 21.5. The zero-order chi connectivity index (χ0) is 30.7. The highest BCUT2D eigenvalue weighted by Crippen LogP contribution is 2.47. The van der Waals surface area contributed by atoms with Gasteiger partial charge in [0.1, 0.15) is 0 Å². The van der Waals surface area contributed by atoms with E-state index < -0.39 is 5.91 Å². The maximum absolute atomic E-state index is 13.5. The lowest BCUT2D eigenvalue weighted by Crippen LogP contribution is -2.28. The Morgan fingerprint density at radius 2 is 1.50 bits per heavy atom. The fourth-order valence-electron chi connectivity index (χ4n) is 9.76. The average molecular weight is 605 g/mol. The molecule has 2 amide bonds. The molecule has 0 aliphatic heterocycles. The summed E-state index contributed by atoms with van der Waals surface area (Å²) in [6, 6.07) is 0. The van der Waals surface area contributed by atoms with Gasteiger partial charge in [-0.05, 0) is 110 Å². The van der Waals surface area contributed by atoms with Crippen LogP contribution >= 0.6 is 0 Å². The Morgan fingerprint density at radius 3 is 2.30 bits per heavy atom. The van der Waals surface area contributed by atoms with Gasteiger partial charge in [-0.25, -0.2) is 5.48 Å². The van der Waals surface area contributed by atoms with Crippen LogP contribution in [0.4, 0.5) is 0 Å². The van der Waals surface area contributed by atoms with E-state index in [2.05, 4.69) is 36.5 Å². The monoisotopic (exact) mass is 604 g/mol. The van der Waals surface area contributed by atoms with E-state index in [0.717, 1.165) is 29.2 Å². The van der Waals surface area contributed by atoms with Gasteiger partial charge < -0.3 is 5.32 Å². The van der Waals surface area contributed by atoms with Gasteiger partial charge in [0.15, 0.2) is 0 Å². The van der Waals surface area contributed by atoms with Gasteiger partial charge in [0, 0.05) is 18.5 Å². The molecule has 7 unspecified atom stereocenters. The Hall–Kier alpha value is -2.14. The van der Waals surface area contributed by atoms with Crippen molar-refractivity contribution in [2.24, 2.45) is 41.4 Å². The van der Waals surface area contributed by atoms with E-state index in [1.54, 1.807) is 5.48 Å². The Bertz CT molecular complexity index is 1090. The van der Waals surface area contributed by atoms with Gasteiger partial charge in [-0.3, -0.25) is 14.8 Å². The Balaban J connectivity index is 1.50. The van der Waals surface area contributed by atoms with Crippen LogP contribution in [-0.2, 0) is 9.59 Å². The predicted molar refractivity (Wildman–Crippen MR) is 179 cm³/mol. The molecule has 3 N–H and O–H groups in total. The van der Waals surface area contributed by atoms with Crippen molar-refractivity contribution >= 4 is 11.8 Å². The van der Waals surface area contributed by atoms with Gasteiger partial charge in [0.05, 0.1) is 0 Å². The van der Waals surface area contributed by atoms with Crippen molar-refractivity contribution in [3.8, 4) is 0 Å². The smallest absolute Gasteiger partial charge is 0.251 e. The normalized spacial score (nSPS) is 37.5. The number of rotatable bonds is 6. The molecule has 5 aliphatic carbocycles. The van der Waals surface area contributed by atoms with Crippen LogP contribution in [0.3, 0.4) is 0 Å². The molecule has 5 rings (SSSR count). The Morgan fingerprint density at radius 1 is 0.795 bits per heavy atom. The van der Waals surface area contributed by atoms with Crippen LogP contribution in [0, 0.1) is 41.4 Å². The molecular formula is C39H60N2O3. The van der Waals surface area contributed by atoms with E-state index in [1.165, 1.54) is 127 Å². The molecule has 8 bridgehead atoms. The summed E-state index contributed by atoms with van der Waals surface area (Å²) in [5.41, 5.74) is 5.27. The van der Waals surface area contributed by atoms with Crippen LogP contribution in [0.5, 0.6) is 0 Å². The maximum atomic E-state index is 13.5. The standard InChI is InChI=1S/C39H60N2O3/c1-2-30-25-33-14-4-3-5-19-37(30)36-26-34(17-10-18-35(27-36)39(43)40-21-11-20-38(42)41-44)32-16-9-7-13-29(24-32)22-28-12-6-8-15-31(33)23-28/h10,17-18,26-33,37,44H,2-9,11-16,19-25H2,1H3,(H,40,43)(H,41,42)/b17-10+,18-10?,34-17?,34-26+,35-18+,35-27?,36-26?,36-27-. The molecule has 244 valence electrons. The fraction of sp³-hybridized carbons (Fsp3) is 0.744. The zero-order valence-electron chi connectivity index (χ0n) is 27.5. The molecular weight excluding hydrogens is 544 g/mol. The summed E-state index contributed by atoms with van der Waals surface area (Å²) in [4.78, 5) is 24.9. The fourth-order valence-corrected chi connectivity index (χ4v) is 9.76. The molecule has 5 heteroatoms. The summed E-state index contributed by atoms with van der Waals surface area (Å²) in [6.45, 7) is 2.83. The minimum Gasteiger partial charge on any atom is -0.352 e. The van der Waals surface area contributed by atoms with Gasteiger partial charge >= 0.3 is 0 Å². The number of carbonyl (C=O) groups is 2. The minimum atomic E-state index is -0.420. The molecule has 0 saturated heterocycles. The summed E-state index contributed by atoms with van der Waals surface area (Å²) < 4.78 is 0. The van der Waals surface area contributed by atoms with Crippen molar-refractivity contribution in [2.45, 2.75) is 135 Å². The minimum absolute atomic E-state index is 0.0733. The third kappa shape index (κ3) is 9.21. The first-order valence-corrected chi connectivity index (χ1v) is 18.6. The van der Waals surface area contributed by atoms with Crippen LogP contribution in [-0.4, -0.2) is 23.6 Å². The van der Waals surface area contributed by atoms with Crippen molar-refractivity contribution in [2.75, 3.05) is 6.54 Å². The highest BCUT2D eigenvalue weighted by atomic mass is 16.5. The number of hydroxylamine groups is 1. The molecule has 0 spiro atoms. The van der Waals surface area contributed by atoms with E-state index >= 15 is 0 Å². The van der Waals surface area contributed by atoms with Gasteiger partial charge in [-0.1, -0.05) is 102 Å². The van der Waals surface area contributed by atoms with Crippen LogP contribution in [0.1, 0.15) is 135 Å². The molecule has 5 aliphatic rings. The summed E-state index contributed by atoms with van der Waals surface area (Å²) >= 11 is 0. The van der Waals surface area contributed by atoms with Crippen molar-refractivity contribution in [1.29, 1.82) is 0 Å². The van der Waals surface area contributed by atoms with E-state index in [4.69, 9.17) is 5.21 Å². The number of fused-ring (bicyclic) bond motifs is 11. The molecule has 3 saturated carbocycles. The van der Waals surface area contributed by atoms with Gasteiger partial charge in [-0.15, -0.1) is 0 Å². The molecule has 44 heavy (non-hydrogen) atoms. The molecule has 0 aromatic rings. The number of carbonyl (C=O) groups excluding carboxylic acids is 2. The SMILES string of the molecule is CCC1CC2CCCCCC1C1=C\C(C(=O)NCCCC(=O)NO)=C/C=C/C(=C\1)C1CCCCC(CC3CCCCC2C3)C1. The molecule has 0 heterocycles. The lowest BCUT2D eigenvalue weighted by Gasteiger charge is -2.36. The number of allylic oxidation sites excluding steroid dienone is 6. The van der Waals surface area contributed by atoms with Crippen molar-refractivity contribution in [3.05, 3.63) is 47.1 Å². The second-order valence-corrected chi connectivity index (χ2v) is 15.0. The predicted octanol–water partition coefficient (Wildman–Crippen LogP) is 9.15. The molecule has 7 atom stereocenters. The highest BCUT2D eigenvalue weighted by molar-refractivity contribution is 5.96. The summed E-state index contributed by atoms with van der Waals surface area (Å²) in [5.74, 6) is 4.77. The van der Waals surface area contributed by atoms with Crippen LogP contribution in [0.2, 0.25) is 0 Å². The van der Waals surface area contributed by atoms with Crippen molar-refractivity contribution in [1.82, 2.24) is 10.8 Å². The number of hydrogen-bond donors (Lipinski definition) is 3. The summed E-state index contributed by atoms with van der Waals surface area (Å²) in [5, 5.41) is 11.8. The average Bonchev–Trinajstić information content (AvgIpc) is 3.35. The van der Waals surface area contributed by atoms with Crippen molar-refractivity contribution < 1.29 is 14.8 Å². The second-order valence-electron chi connectivity index (χ2n) is 15.0. The van der Waals surface area contributed by atoms with E-state index in [0.29, 0.717) is 30.7 Å². The quantitative estimate of drug-likeness (QED) is 0.161. The van der Waals surface area contributed by atoms with E-state index in [9.17, 15) is 9.59 Å². The van der Waals surface area contributed by atoms with Crippen molar-refractivity contribution in [3.63, 3.8) is 0 Å². The van der Waals surface area contributed by atoms with Gasteiger partial charge in [-0.2, -0.15) is 0 Å². The van der Waals surface area contributed by atoms with Crippen LogP contribution < -0.4 is 10.8 Å². The lowest BCUT2D eigenvalue weighted by molar-refractivity contribution is -0.129. The molecule has 0 aromatic carbocycles. The van der Waals surface area contributed by atoms with Gasteiger partial charge in [0.2, 0.25) is 5.91 Å². The molecule has 0 aromatic heterocycles. The number of amides is 2. The first kappa shape index (κ1) is 33.2. The number of nitrogens with one attached hydrogen (secondary N) is 2. The largest absolute Gasteiger partial charge is 0.352 e. The van der Waals surface area contributed by atoms with E-state index in [1.807, 2.05) is 6.08 Å². The zero-order valence-corrected chi connectivity index (χ0v) is 27.5. The third-order valence-electron chi connectivity index (χ3n) is 12.1. The topological polar surface area (TPSA) is 78.4 Å². The maximum Gasteiger partial charge on any atom is 0.251 e. The third-order valence-corrected chi connectivity index (χ3v) is 12.1. The first-order valence-electron chi connectivity index (χ1n) is 18.6. The molecule has 3 fully saturated rings. The summed E-state index contributed by atoms with van der Waals surface area (Å²) in [6.07, 6.45) is 36.6. The van der Waals surface area contributed by atoms with Crippen LogP contribution in [0.25, 0.3) is 0 Å². The van der Waals surface area contributed by atoms with E-state index in [-0.39, 0.29) is 12.3 Å². The highest BCUT2D eigenvalue weighted by Gasteiger charge is 2.35. The Kier molecular flexibility index (Phi) is 12.8. The second kappa shape index (κ2) is 17.0.